The number of amides is 2. The zero-order chi connectivity index (χ0) is 23.8. The quantitative estimate of drug-likeness (QED) is 0.530. The van der Waals surface area contributed by atoms with Gasteiger partial charge in [-0.25, -0.2) is 9.78 Å². The molecule has 33 heavy (non-hydrogen) atoms. The van der Waals surface area contributed by atoms with Crippen LogP contribution in [0.3, 0.4) is 0 Å². The van der Waals surface area contributed by atoms with Crippen molar-refractivity contribution in [1.29, 1.82) is 0 Å². The minimum atomic E-state index is -4.16. The second-order valence-corrected chi connectivity index (χ2v) is 7.98. The number of nitrogens with zero attached hydrogens (tertiary/aromatic N) is 2. The largest absolute Gasteiger partial charge is 0.494 e. The Morgan fingerprint density at radius 1 is 1.30 bits per heavy atom. The summed E-state index contributed by atoms with van der Waals surface area (Å²) >= 11 is 0. The van der Waals surface area contributed by atoms with Crippen LogP contribution >= 0.6 is 0 Å². The van der Waals surface area contributed by atoms with E-state index >= 15 is 0 Å². The normalized spacial score (nSPS) is 17.7. The lowest BCUT2D eigenvalue weighted by Gasteiger charge is -2.33. The predicted molar refractivity (Wildman–Crippen MR) is 120 cm³/mol. The number of benzene rings is 1. The molecule has 1 aliphatic rings. The van der Waals surface area contributed by atoms with Crippen LogP contribution in [0.15, 0.2) is 48.2 Å². The number of pyridine rings is 1. The van der Waals surface area contributed by atoms with Crippen molar-refractivity contribution in [2.45, 2.75) is 32.4 Å². The fraction of sp³-hybridized carbons (Fsp3) is 0.417. The van der Waals surface area contributed by atoms with Crippen LogP contribution in [0.5, 0.6) is 11.6 Å². The third kappa shape index (κ3) is 7.69. The Labute approximate surface area is 191 Å². The van der Waals surface area contributed by atoms with Crippen molar-refractivity contribution in [3.05, 3.63) is 53.7 Å². The lowest BCUT2D eigenvalue weighted by atomic mass is 9.91. The molecule has 0 aliphatic carbocycles. The van der Waals surface area contributed by atoms with Crippen molar-refractivity contribution in [3.8, 4) is 11.6 Å². The van der Waals surface area contributed by atoms with E-state index < -0.39 is 12.6 Å². The molecule has 1 aromatic carbocycles. The van der Waals surface area contributed by atoms with E-state index in [1.165, 1.54) is 12.7 Å². The Balaban J connectivity index is 1.53. The van der Waals surface area contributed by atoms with E-state index in [0.717, 1.165) is 12.0 Å². The Morgan fingerprint density at radius 2 is 2.12 bits per heavy atom. The Hall–Kier alpha value is -3.23. The van der Waals surface area contributed by atoms with Crippen LogP contribution in [0.25, 0.3) is 6.08 Å². The summed E-state index contributed by atoms with van der Waals surface area (Å²) in [5.41, 5.74) is 2.73. The number of piperidine rings is 1. The van der Waals surface area contributed by atoms with Gasteiger partial charge in [-0.15, -0.1) is 0 Å². The molecular formula is C24H28F3N3O3. The molecule has 0 spiro atoms. The minimum absolute atomic E-state index is 0.0176. The van der Waals surface area contributed by atoms with Gasteiger partial charge in [0.2, 0.25) is 5.88 Å². The van der Waals surface area contributed by atoms with Gasteiger partial charge in [0.05, 0.1) is 25.6 Å². The van der Waals surface area contributed by atoms with Gasteiger partial charge in [-0.2, -0.15) is 13.2 Å². The van der Waals surface area contributed by atoms with Crippen LogP contribution in [0.2, 0.25) is 0 Å². The average Bonchev–Trinajstić information content (AvgIpc) is 2.78. The lowest BCUT2D eigenvalue weighted by molar-refractivity contribution is -0.136. The van der Waals surface area contributed by atoms with Crippen LogP contribution in [-0.2, 0) is 0 Å². The van der Waals surface area contributed by atoms with Crippen LogP contribution in [0.4, 0.5) is 23.7 Å². The van der Waals surface area contributed by atoms with Crippen molar-refractivity contribution in [1.82, 2.24) is 9.88 Å². The first-order valence-corrected chi connectivity index (χ1v) is 10.8. The van der Waals surface area contributed by atoms with Crippen LogP contribution < -0.4 is 14.8 Å². The molecule has 1 N–H and O–H groups in total. The van der Waals surface area contributed by atoms with Gasteiger partial charge in [0, 0.05) is 25.6 Å². The average molecular weight is 464 g/mol. The maximum atomic E-state index is 12.6. The fourth-order valence-corrected chi connectivity index (χ4v) is 3.60. The SMILES string of the molecule is COc1ccc(NC(=O)N2CC/C(=C\c3cccc(OCCCC(F)(F)F)c3)C(C)C2)cn1. The maximum Gasteiger partial charge on any atom is 0.389 e. The number of halogens is 3. The molecule has 2 amide bonds. The number of carbonyl (C=O) groups is 1. The number of nitrogens with one attached hydrogen (secondary N) is 1. The van der Waals surface area contributed by atoms with Gasteiger partial charge in [-0.1, -0.05) is 30.7 Å². The number of rotatable bonds is 7. The van der Waals surface area contributed by atoms with E-state index in [-0.39, 0.29) is 25.0 Å². The highest BCUT2D eigenvalue weighted by atomic mass is 19.4. The number of anilines is 1. The van der Waals surface area contributed by atoms with Crippen molar-refractivity contribution in [2.24, 2.45) is 5.92 Å². The molecule has 1 aromatic heterocycles. The van der Waals surface area contributed by atoms with Gasteiger partial charge in [-0.3, -0.25) is 0 Å². The van der Waals surface area contributed by atoms with E-state index in [2.05, 4.69) is 23.3 Å². The molecule has 1 unspecified atom stereocenters. The summed E-state index contributed by atoms with van der Waals surface area (Å²) in [6, 6.07) is 10.6. The second kappa shape index (κ2) is 11.1. The van der Waals surface area contributed by atoms with Gasteiger partial charge in [-0.05, 0) is 42.5 Å². The van der Waals surface area contributed by atoms with Gasteiger partial charge in [0.15, 0.2) is 0 Å². The highest BCUT2D eigenvalue weighted by molar-refractivity contribution is 5.89. The number of likely N-dealkylation sites (tertiary alicyclic amines) is 1. The van der Waals surface area contributed by atoms with E-state index in [1.54, 1.807) is 29.3 Å². The number of aromatic nitrogens is 1. The van der Waals surface area contributed by atoms with Crippen molar-refractivity contribution < 1.29 is 27.4 Å². The molecule has 1 atom stereocenters. The van der Waals surface area contributed by atoms with Crippen LogP contribution in [0.1, 0.15) is 31.7 Å². The van der Waals surface area contributed by atoms with E-state index in [0.29, 0.717) is 30.4 Å². The minimum Gasteiger partial charge on any atom is -0.494 e. The molecule has 0 radical (unpaired) electrons. The second-order valence-electron chi connectivity index (χ2n) is 7.98. The zero-order valence-electron chi connectivity index (χ0n) is 18.7. The molecule has 1 aliphatic heterocycles. The molecule has 2 aromatic rings. The first kappa shape index (κ1) is 24.4. The Bertz CT molecular complexity index is 961. The number of alkyl halides is 3. The summed E-state index contributed by atoms with van der Waals surface area (Å²) in [5, 5.41) is 2.85. The smallest absolute Gasteiger partial charge is 0.389 e. The maximum absolute atomic E-state index is 12.6. The molecule has 0 bridgehead atoms. The molecule has 3 rings (SSSR count). The molecule has 9 heteroatoms. The van der Waals surface area contributed by atoms with Crippen molar-refractivity contribution in [2.75, 3.05) is 32.1 Å². The third-order valence-corrected chi connectivity index (χ3v) is 5.37. The Morgan fingerprint density at radius 3 is 2.79 bits per heavy atom. The number of hydrogen-bond donors (Lipinski definition) is 1. The number of urea groups is 1. The summed E-state index contributed by atoms with van der Waals surface area (Å²) in [6.45, 7) is 3.25. The van der Waals surface area contributed by atoms with Gasteiger partial charge >= 0.3 is 12.2 Å². The lowest BCUT2D eigenvalue weighted by Crippen LogP contribution is -2.42. The molecule has 0 saturated carbocycles. The zero-order valence-corrected chi connectivity index (χ0v) is 18.7. The molecule has 2 heterocycles. The first-order chi connectivity index (χ1) is 15.7. The third-order valence-electron chi connectivity index (χ3n) is 5.37. The summed E-state index contributed by atoms with van der Waals surface area (Å²) in [7, 11) is 1.53. The predicted octanol–water partition coefficient (Wildman–Crippen LogP) is 5.77. The summed E-state index contributed by atoms with van der Waals surface area (Å²) in [4.78, 5) is 18.5. The van der Waals surface area contributed by atoms with E-state index in [4.69, 9.17) is 9.47 Å². The summed E-state index contributed by atoms with van der Waals surface area (Å²) in [6.07, 6.45) is -0.748. The number of carbonyl (C=O) groups excluding carboxylic acids is 1. The molecule has 1 saturated heterocycles. The summed E-state index contributed by atoms with van der Waals surface area (Å²) in [5.74, 6) is 1.18. The van der Waals surface area contributed by atoms with Gasteiger partial charge in [0.25, 0.3) is 0 Å². The van der Waals surface area contributed by atoms with Gasteiger partial charge in [0.1, 0.15) is 5.75 Å². The number of methoxy groups -OCH3 is 1. The fourth-order valence-electron chi connectivity index (χ4n) is 3.60. The monoisotopic (exact) mass is 463 g/mol. The van der Waals surface area contributed by atoms with Crippen LogP contribution in [0, 0.1) is 5.92 Å². The molecule has 178 valence electrons. The van der Waals surface area contributed by atoms with Gasteiger partial charge < -0.3 is 19.7 Å². The van der Waals surface area contributed by atoms with Crippen LogP contribution in [-0.4, -0.2) is 48.9 Å². The highest BCUT2D eigenvalue weighted by Crippen LogP contribution is 2.27. The number of hydrogen-bond acceptors (Lipinski definition) is 4. The molecule has 1 fully saturated rings. The molecular weight excluding hydrogens is 435 g/mol. The topological polar surface area (TPSA) is 63.7 Å². The van der Waals surface area contributed by atoms with E-state index in [1.807, 2.05) is 18.2 Å². The number of ether oxygens (including phenoxy) is 2. The van der Waals surface area contributed by atoms with Crippen molar-refractivity contribution >= 4 is 17.8 Å². The first-order valence-electron chi connectivity index (χ1n) is 10.8. The standard InChI is InChI=1S/C24H28F3N3O3/c1-17-16-30(23(31)29-20-7-8-22(32-2)28-15-20)11-9-19(17)13-18-5-3-6-21(14-18)33-12-4-10-24(25,26)27/h3,5-8,13-15,17H,4,9-12,16H2,1-2H3,(H,29,31)/b19-13+. The highest BCUT2D eigenvalue weighted by Gasteiger charge is 2.26. The molecule has 6 nitrogen and oxygen atoms in total. The Kier molecular flexibility index (Phi) is 8.19. The summed E-state index contributed by atoms with van der Waals surface area (Å²) < 4.78 is 47.3. The van der Waals surface area contributed by atoms with Crippen molar-refractivity contribution in [3.63, 3.8) is 0 Å². The van der Waals surface area contributed by atoms with E-state index in [9.17, 15) is 18.0 Å².